The second-order valence-corrected chi connectivity index (χ2v) is 4.19. The zero-order chi connectivity index (χ0) is 11.0. The molecule has 0 spiro atoms. The molecule has 84 valence electrons. The molecule has 0 amide bonds. The Morgan fingerprint density at radius 2 is 2.00 bits per heavy atom. The Bertz CT molecular complexity index is 498. The highest BCUT2D eigenvalue weighted by Gasteiger charge is 2.16. The molecule has 3 rings (SSSR count). The molecule has 1 aliphatic rings. The number of rotatable bonds is 1. The van der Waals surface area contributed by atoms with Crippen LogP contribution in [-0.4, -0.2) is 28.0 Å². The van der Waals surface area contributed by atoms with Crippen LogP contribution in [0.1, 0.15) is 19.3 Å². The van der Waals surface area contributed by atoms with E-state index in [1.54, 1.807) is 0 Å². The van der Waals surface area contributed by atoms with E-state index in [1.807, 2.05) is 12.3 Å². The molecule has 0 unspecified atom stereocenters. The van der Waals surface area contributed by atoms with Gasteiger partial charge in [0.25, 0.3) is 0 Å². The van der Waals surface area contributed by atoms with Crippen LogP contribution in [0.2, 0.25) is 0 Å². The number of anilines is 2. The number of hydrogen-bond donors (Lipinski definition) is 2. The number of nitrogens with two attached hydrogens (primary N) is 1. The molecular formula is C11H15N5. The van der Waals surface area contributed by atoms with Gasteiger partial charge in [0.2, 0.25) is 5.95 Å². The molecule has 0 aromatic carbocycles. The molecule has 3 heterocycles. The van der Waals surface area contributed by atoms with Crippen LogP contribution in [0.3, 0.4) is 0 Å². The highest BCUT2D eigenvalue weighted by Crippen LogP contribution is 2.26. The fourth-order valence-corrected chi connectivity index (χ4v) is 2.29. The predicted molar refractivity (Wildman–Crippen MR) is 64.4 cm³/mol. The van der Waals surface area contributed by atoms with Crippen molar-refractivity contribution in [3.63, 3.8) is 0 Å². The maximum atomic E-state index is 5.72. The molecule has 2 aromatic rings. The van der Waals surface area contributed by atoms with Gasteiger partial charge in [-0.1, -0.05) is 0 Å². The van der Waals surface area contributed by atoms with Crippen molar-refractivity contribution in [2.24, 2.45) is 0 Å². The second kappa shape index (κ2) is 3.66. The summed E-state index contributed by atoms with van der Waals surface area (Å²) in [6.45, 7) is 2.13. The van der Waals surface area contributed by atoms with Crippen molar-refractivity contribution in [2.45, 2.75) is 19.3 Å². The van der Waals surface area contributed by atoms with E-state index in [4.69, 9.17) is 5.73 Å². The van der Waals surface area contributed by atoms with E-state index in [-0.39, 0.29) is 0 Å². The van der Waals surface area contributed by atoms with Crippen LogP contribution in [0.4, 0.5) is 11.8 Å². The van der Waals surface area contributed by atoms with Crippen LogP contribution in [0.25, 0.3) is 11.0 Å². The van der Waals surface area contributed by atoms with E-state index in [9.17, 15) is 0 Å². The Labute approximate surface area is 93.7 Å². The molecule has 1 aliphatic heterocycles. The van der Waals surface area contributed by atoms with Crippen molar-refractivity contribution in [3.8, 4) is 0 Å². The van der Waals surface area contributed by atoms with Gasteiger partial charge in [0.1, 0.15) is 11.5 Å². The molecule has 0 radical (unpaired) electrons. The first-order chi connectivity index (χ1) is 7.84. The number of aromatic amines is 1. The van der Waals surface area contributed by atoms with Crippen molar-refractivity contribution >= 4 is 22.8 Å². The van der Waals surface area contributed by atoms with Gasteiger partial charge >= 0.3 is 0 Å². The van der Waals surface area contributed by atoms with Gasteiger partial charge in [0, 0.05) is 19.3 Å². The molecule has 0 bridgehead atoms. The molecule has 16 heavy (non-hydrogen) atoms. The predicted octanol–water partition coefficient (Wildman–Crippen LogP) is 1.53. The average molecular weight is 217 g/mol. The lowest BCUT2D eigenvalue weighted by molar-refractivity contribution is 0.575. The first kappa shape index (κ1) is 9.45. The lowest BCUT2D eigenvalue weighted by atomic mass is 10.1. The third-order valence-corrected chi connectivity index (χ3v) is 3.07. The quantitative estimate of drug-likeness (QED) is 0.760. The van der Waals surface area contributed by atoms with Gasteiger partial charge in [-0.2, -0.15) is 9.97 Å². The maximum Gasteiger partial charge on any atom is 0.223 e. The maximum absolute atomic E-state index is 5.72. The number of nitrogens with zero attached hydrogens (tertiary/aromatic N) is 3. The van der Waals surface area contributed by atoms with E-state index < -0.39 is 0 Å². The number of nitrogen functional groups attached to an aromatic ring is 1. The van der Waals surface area contributed by atoms with Crippen LogP contribution in [0.15, 0.2) is 12.3 Å². The molecule has 3 N–H and O–H groups in total. The standard InChI is InChI=1S/C11H15N5/c12-11-14-9-8(4-5-13-9)10(15-11)16-6-2-1-3-7-16/h4-5H,1-3,6-7H2,(H3,12,13,14,15). The van der Waals surface area contributed by atoms with Crippen LogP contribution in [0.5, 0.6) is 0 Å². The zero-order valence-corrected chi connectivity index (χ0v) is 9.11. The van der Waals surface area contributed by atoms with E-state index in [1.165, 1.54) is 19.3 Å². The molecular weight excluding hydrogens is 202 g/mol. The van der Waals surface area contributed by atoms with Gasteiger partial charge in [0.05, 0.1) is 5.39 Å². The second-order valence-electron chi connectivity index (χ2n) is 4.19. The Hall–Kier alpha value is -1.78. The third kappa shape index (κ3) is 1.48. The van der Waals surface area contributed by atoms with Crippen molar-refractivity contribution in [3.05, 3.63) is 12.3 Å². The monoisotopic (exact) mass is 217 g/mol. The van der Waals surface area contributed by atoms with Crippen molar-refractivity contribution in [1.82, 2.24) is 15.0 Å². The molecule has 2 aromatic heterocycles. The molecule has 0 saturated carbocycles. The summed E-state index contributed by atoms with van der Waals surface area (Å²) in [7, 11) is 0. The number of aromatic nitrogens is 3. The van der Waals surface area contributed by atoms with Crippen molar-refractivity contribution in [1.29, 1.82) is 0 Å². The van der Waals surface area contributed by atoms with Crippen molar-refractivity contribution in [2.75, 3.05) is 23.7 Å². The van der Waals surface area contributed by atoms with Crippen LogP contribution < -0.4 is 10.6 Å². The molecule has 0 aliphatic carbocycles. The first-order valence-electron chi connectivity index (χ1n) is 5.70. The highest BCUT2D eigenvalue weighted by atomic mass is 15.2. The zero-order valence-electron chi connectivity index (χ0n) is 9.11. The first-order valence-corrected chi connectivity index (χ1v) is 5.70. The van der Waals surface area contributed by atoms with E-state index in [0.717, 1.165) is 29.9 Å². The van der Waals surface area contributed by atoms with Gasteiger partial charge in [-0.05, 0) is 25.3 Å². The van der Waals surface area contributed by atoms with Gasteiger partial charge in [-0.15, -0.1) is 0 Å². The van der Waals surface area contributed by atoms with Gasteiger partial charge in [-0.3, -0.25) is 0 Å². The van der Waals surface area contributed by atoms with E-state index >= 15 is 0 Å². The van der Waals surface area contributed by atoms with E-state index in [2.05, 4.69) is 19.9 Å². The summed E-state index contributed by atoms with van der Waals surface area (Å²) in [5, 5.41) is 1.07. The SMILES string of the molecule is Nc1nc(N2CCCCC2)c2cc[nH]c2n1. The normalized spacial score (nSPS) is 16.9. The Morgan fingerprint density at radius 3 is 2.81 bits per heavy atom. The summed E-state index contributed by atoms with van der Waals surface area (Å²) in [4.78, 5) is 13.9. The number of fused-ring (bicyclic) bond motifs is 1. The summed E-state index contributed by atoms with van der Waals surface area (Å²) >= 11 is 0. The number of piperidine rings is 1. The third-order valence-electron chi connectivity index (χ3n) is 3.07. The summed E-state index contributed by atoms with van der Waals surface area (Å²) in [6, 6.07) is 2.01. The fourth-order valence-electron chi connectivity index (χ4n) is 2.29. The van der Waals surface area contributed by atoms with Gasteiger partial charge in [-0.25, -0.2) is 0 Å². The molecule has 0 atom stereocenters. The lowest BCUT2D eigenvalue weighted by Crippen LogP contribution is -2.30. The minimum absolute atomic E-state index is 0.343. The van der Waals surface area contributed by atoms with Gasteiger partial charge in [0.15, 0.2) is 0 Å². The Kier molecular flexibility index (Phi) is 2.16. The van der Waals surface area contributed by atoms with Crippen LogP contribution in [0, 0.1) is 0 Å². The molecule has 1 saturated heterocycles. The molecule has 5 heteroatoms. The van der Waals surface area contributed by atoms with E-state index in [0.29, 0.717) is 5.95 Å². The fraction of sp³-hybridized carbons (Fsp3) is 0.455. The minimum atomic E-state index is 0.343. The average Bonchev–Trinajstić information content (AvgIpc) is 2.77. The van der Waals surface area contributed by atoms with Crippen molar-refractivity contribution < 1.29 is 0 Å². The summed E-state index contributed by atoms with van der Waals surface area (Å²) in [5.41, 5.74) is 6.55. The lowest BCUT2D eigenvalue weighted by Gasteiger charge is -2.28. The summed E-state index contributed by atoms with van der Waals surface area (Å²) in [6.07, 6.45) is 5.66. The summed E-state index contributed by atoms with van der Waals surface area (Å²) in [5.74, 6) is 1.32. The number of hydrogen-bond acceptors (Lipinski definition) is 4. The highest BCUT2D eigenvalue weighted by molar-refractivity contribution is 5.88. The number of nitrogens with one attached hydrogen (secondary N) is 1. The largest absolute Gasteiger partial charge is 0.368 e. The Morgan fingerprint density at radius 1 is 1.19 bits per heavy atom. The smallest absolute Gasteiger partial charge is 0.223 e. The molecule has 5 nitrogen and oxygen atoms in total. The van der Waals surface area contributed by atoms with Crippen LogP contribution >= 0.6 is 0 Å². The topological polar surface area (TPSA) is 70.8 Å². The Balaban J connectivity index is 2.09. The van der Waals surface area contributed by atoms with Gasteiger partial charge < -0.3 is 15.6 Å². The summed E-state index contributed by atoms with van der Waals surface area (Å²) < 4.78 is 0. The minimum Gasteiger partial charge on any atom is -0.368 e. The number of H-pyrrole nitrogens is 1. The molecule has 1 fully saturated rings. The van der Waals surface area contributed by atoms with Crippen LogP contribution in [-0.2, 0) is 0 Å².